The summed E-state index contributed by atoms with van der Waals surface area (Å²) in [6.45, 7) is 0. The molecule has 0 saturated heterocycles. The van der Waals surface area contributed by atoms with Crippen LogP contribution in [0, 0.1) is 0 Å². The SMILES string of the molecule is O=S(=O)([O-])[O-].[Al+3].[Ti+4]. The minimum Gasteiger partial charge on any atom is -0.759 e. The van der Waals surface area contributed by atoms with Gasteiger partial charge in [-0.15, -0.1) is 0 Å². The van der Waals surface area contributed by atoms with Gasteiger partial charge >= 0.3 is 39.1 Å². The second-order valence-electron chi connectivity index (χ2n) is 0.408. The molecule has 0 N–H and O–H groups in total. The van der Waals surface area contributed by atoms with Gasteiger partial charge in [0.15, 0.2) is 0 Å². The molecule has 0 aliphatic rings. The molecule has 0 aromatic heterocycles. The molecule has 0 fully saturated rings. The van der Waals surface area contributed by atoms with Crippen LogP contribution in [-0.2, 0) is 32.1 Å². The summed E-state index contributed by atoms with van der Waals surface area (Å²) in [7, 11) is -5.17. The van der Waals surface area contributed by atoms with Crippen LogP contribution in [-0.4, -0.2) is 34.9 Å². The summed E-state index contributed by atoms with van der Waals surface area (Å²) >= 11 is 0. The van der Waals surface area contributed by atoms with Crippen molar-refractivity contribution in [1.29, 1.82) is 0 Å². The fraction of sp³-hybridized carbons (Fsp3) is 0. The minimum absolute atomic E-state index is 0. The zero-order valence-corrected chi connectivity index (χ0v) is 6.65. The predicted octanol–water partition coefficient (Wildman–Crippen LogP) is -1.72. The summed E-state index contributed by atoms with van der Waals surface area (Å²) in [5.41, 5.74) is 0. The van der Waals surface area contributed by atoms with Gasteiger partial charge in [-0.25, -0.2) is 0 Å². The summed E-state index contributed by atoms with van der Waals surface area (Å²) in [5.74, 6) is 0. The Morgan fingerprint density at radius 3 is 1.14 bits per heavy atom. The van der Waals surface area contributed by atoms with E-state index in [9.17, 15) is 0 Å². The Morgan fingerprint density at radius 1 is 1.14 bits per heavy atom. The molecule has 0 heterocycles. The molecule has 0 aromatic carbocycles. The van der Waals surface area contributed by atoms with Crippen molar-refractivity contribution in [2.24, 2.45) is 0 Å². The monoisotopic (exact) mass is 171 g/mol. The molecular formula is AlO4STi+5. The summed E-state index contributed by atoms with van der Waals surface area (Å²) in [4.78, 5) is 0. The maximum atomic E-state index is 8.52. The van der Waals surface area contributed by atoms with Crippen molar-refractivity contribution >= 4 is 27.8 Å². The van der Waals surface area contributed by atoms with E-state index >= 15 is 0 Å². The second-order valence-corrected chi connectivity index (χ2v) is 1.22. The van der Waals surface area contributed by atoms with Crippen molar-refractivity contribution in [3.8, 4) is 0 Å². The van der Waals surface area contributed by atoms with Crippen molar-refractivity contribution in [2.75, 3.05) is 0 Å². The van der Waals surface area contributed by atoms with Crippen LogP contribution in [0.2, 0.25) is 0 Å². The summed E-state index contributed by atoms with van der Waals surface area (Å²) in [6, 6.07) is 0. The molecule has 0 spiro atoms. The van der Waals surface area contributed by atoms with Gasteiger partial charge in [-0.2, -0.15) is 0 Å². The summed E-state index contributed by atoms with van der Waals surface area (Å²) < 4.78 is 34.1. The van der Waals surface area contributed by atoms with E-state index in [-0.39, 0.29) is 39.1 Å². The minimum atomic E-state index is -5.17. The number of hydrogen-bond acceptors (Lipinski definition) is 4. The molecule has 0 rings (SSSR count). The normalized spacial score (nSPS) is 8.29. The fourth-order valence-electron chi connectivity index (χ4n) is 0. The Morgan fingerprint density at radius 2 is 1.14 bits per heavy atom. The standard InChI is InChI=1S/Al.H2O4S.Ti/c;1-5(2,3)4;/h;(H2,1,2,3,4);/q+3;;+4/p-2. The maximum absolute atomic E-state index is 8.52. The molecular weight excluding hydrogens is 171 g/mol. The van der Waals surface area contributed by atoms with Gasteiger partial charge < -0.3 is 9.11 Å². The fourth-order valence-corrected chi connectivity index (χ4v) is 0. The van der Waals surface area contributed by atoms with E-state index in [1.807, 2.05) is 0 Å². The third-order valence-corrected chi connectivity index (χ3v) is 0. The molecule has 0 amide bonds. The van der Waals surface area contributed by atoms with Crippen LogP contribution >= 0.6 is 0 Å². The maximum Gasteiger partial charge on any atom is 4.00 e. The van der Waals surface area contributed by atoms with Crippen molar-refractivity contribution in [3.05, 3.63) is 0 Å². The van der Waals surface area contributed by atoms with Gasteiger partial charge in [0.05, 0.1) is 0 Å². The van der Waals surface area contributed by atoms with Crippen LogP contribution in [0.1, 0.15) is 0 Å². The third-order valence-electron chi connectivity index (χ3n) is 0. The van der Waals surface area contributed by atoms with E-state index in [2.05, 4.69) is 0 Å². The molecule has 0 aromatic rings. The van der Waals surface area contributed by atoms with Gasteiger partial charge in [0.1, 0.15) is 0 Å². The van der Waals surface area contributed by atoms with Crippen LogP contribution in [0.4, 0.5) is 0 Å². The topological polar surface area (TPSA) is 80.3 Å². The van der Waals surface area contributed by atoms with Crippen molar-refractivity contribution in [3.63, 3.8) is 0 Å². The molecule has 0 unspecified atom stereocenters. The van der Waals surface area contributed by atoms with Crippen LogP contribution in [0.3, 0.4) is 0 Å². The first-order chi connectivity index (χ1) is 2.00. The van der Waals surface area contributed by atoms with E-state index in [0.29, 0.717) is 0 Å². The number of hydrogen-bond donors (Lipinski definition) is 0. The second kappa shape index (κ2) is 5.26. The van der Waals surface area contributed by atoms with Gasteiger partial charge in [0, 0.05) is 10.4 Å². The average Bonchev–Trinajstić information content (AvgIpc) is 0.722. The molecule has 0 atom stereocenters. The van der Waals surface area contributed by atoms with Crippen molar-refractivity contribution < 1.29 is 39.2 Å². The van der Waals surface area contributed by atoms with Gasteiger partial charge in [-0.05, 0) is 0 Å². The zero-order chi connectivity index (χ0) is 4.50. The van der Waals surface area contributed by atoms with E-state index < -0.39 is 10.4 Å². The van der Waals surface area contributed by atoms with E-state index in [1.165, 1.54) is 0 Å². The van der Waals surface area contributed by atoms with Crippen LogP contribution in [0.15, 0.2) is 0 Å². The average molecular weight is 171 g/mol. The van der Waals surface area contributed by atoms with Crippen molar-refractivity contribution in [1.82, 2.24) is 0 Å². The molecule has 32 valence electrons. The largest absolute Gasteiger partial charge is 4.00 e. The molecule has 0 aliphatic heterocycles. The first-order valence-electron chi connectivity index (χ1n) is 0.667. The molecule has 0 bridgehead atoms. The van der Waals surface area contributed by atoms with Crippen LogP contribution in [0.5, 0.6) is 0 Å². The smallest absolute Gasteiger partial charge is 0.759 e. The van der Waals surface area contributed by atoms with Gasteiger partial charge in [0.2, 0.25) is 0 Å². The van der Waals surface area contributed by atoms with Crippen molar-refractivity contribution in [2.45, 2.75) is 0 Å². The van der Waals surface area contributed by atoms with Gasteiger partial charge in [0.25, 0.3) is 0 Å². The molecule has 0 saturated carbocycles. The Bertz CT molecular complexity index is 94.9. The van der Waals surface area contributed by atoms with E-state index in [4.69, 9.17) is 17.5 Å². The Labute approximate surface area is 66.9 Å². The molecule has 4 nitrogen and oxygen atoms in total. The van der Waals surface area contributed by atoms with Crippen LogP contribution in [0.25, 0.3) is 0 Å². The zero-order valence-electron chi connectivity index (χ0n) is 3.12. The molecule has 7 heteroatoms. The first kappa shape index (κ1) is 15.7. The van der Waals surface area contributed by atoms with E-state index in [0.717, 1.165) is 0 Å². The Balaban J connectivity index is -0.0000000800. The first-order valence-corrected chi connectivity index (χ1v) is 2.00. The Kier molecular flexibility index (Phi) is 11.8. The molecule has 0 aliphatic carbocycles. The quantitative estimate of drug-likeness (QED) is 0.246. The van der Waals surface area contributed by atoms with Crippen LogP contribution < -0.4 is 0 Å². The van der Waals surface area contributed by atoms with E-state index in [1.54, 1.807) is 0 Å². The van der Waals surface area contributed by atoms with Gasteiger partial charge in [-0.1, -0.05) is 0 Å². The third kappa shape index (κ3) is 149. The summed E-state index contributed by atoms with van der Waals surface area (Å²) in [5, 5.41) is 0. The van der Waals surface area contributed by atoms with Gasteiger partial charge in [-0.3, -0.25) is 8.42 Å². The summed E-state index contributed by atoms with van der Waals surface area (Å²) in [6.07, 6.45) is 0. The Hall–Kier alpha value is 1.12. The molecule has 7 heavy (non-hydrogen) atoms. The predicted molar refractivity (Wildman–Crippen MR) is 16.2 cm³/mol. The number of rotatable bonds is 0. The molecule has 0 radical (unpaired) electrons.